The summed E-state index contributed by atoms with van der Waals surface area (Å²) in [6.07, 6.45) is 7.30. The van der Waals surface area contributed by atoms with Crippen LogP contribution in [0.5, 0.6) is 0 Å². The van der Waals surface area contributed by atoms with E-state index in [1.54, 1.807) is 17.2 Å². The Kier molecular flexibility index (Phi) is 5.29. The molecule has 7 rings (SSSR count). The van der Waals surface area contributed by atoms with E-state index >= 15 is 0 Å². The zero-order valence-electron chi connectivity index (χ0n) is 21.7. The summed E-state index contributed by atoms with van der Waals surface area (Å²) in [5.41, 5.74) is 0.0196. The third-order valence-corrected chi connectivity index (χ3v) is 8.85. The molecule has 0 aliphatic carbocycles. The number of nitrogens with zero attached hydrogens (tertiary/aromatic N) is 6. The maximum absolute atomic E-state index is 14.9. The monoisotopic (exact) mass is 522 g/mol. The van der Waals surface area contributed by atoms with E-state index < -0.39 is 18.1 Å². The van der Waals surface area contributed by atoms with Gasteiger partial charge >= 0.3 is 0 Å². The summed E-state index contributed by atoms with van der Waals surface area (Å²) in [5.74, 6) is -0.251. The number of ether oxygens (including phenoxy) is 1. The van der Waals surface area contributed by atoms with Crippen molar-refractivity contribution in [2.24, 2.45) is 0 Å². The lowest BCUT2D eigenvalue weighted by Crippen LogP contribution is -2.76. The van der Waals surface area contributed by atoms with Crippen molar-refractivity contribution in [1.29, 1.82) is 0 Å². The third kappa shape index (κ3) is 3.54. The number of piperidine rings is 1. The minimum atomic E-state index is -2.94. The zero-order valence-corrected chi connectivity index (χ0v) is 21.7. The standard InChI is InChI=1S/C27H32F2N8O/c1-17(2)19-12-33-23(37-9-4-25(37)14-30-15-25)20-13-32-22(11-18(19)20)34-21-3-7-31-24(35-21)36-8-5-26(6-10-38-26)27(28,29)16-36/h3,7,11-13,17,30H,4-6,8-10,14-16H2,1-2H3,(H,31,32,34,35)/t26-/m0/s1. The maximum Gasteiger partial charge on any atom is 0.293 e. The van der Waals surface area contributed by atoms with Gasteiger partial charge in [0.2, 0.25) is 5.95 Å². The molecule has 3 aromatic rings. The first-order chi connectivity index (χ1) is 18.3. The van der Waals surface area contributed by atoms with Crippen molar-refractivity contribution in [2.45, 2.75) is 56.1 Å². The molecule has 3 aromatic heterocycles. The molecule has 1 atom stereocenters. The molecule has 38 heavy (non-hydrogen) atoms. The van der Waals surface area contributed by atoms with E-state index in [2.05, 4.69) is 39.3 Å². The second-order valence-corrected chi connectivity index (χ2v) is 11.4. The summed E-state index contributed by atoms with van der Waals surface area (Å²) in [6, 6.07) is 3.76. The molecule has 2 spiro atoms. The van der Waals surface area contributed by atoms with Gasteiger partial charge in [-0.2, -0.15) is 4.98 Å². The molecule has 0 unspecified atom stereocenters. The SMILES string of the molecule is CC(C)c1cnc(N2CCC23CNC3)c2cnc(Nc3ccnc(N4CC[C@]5(CCO5)C(F)(F)C4)n3)cc12. The minimum Gasteiger partial charge on any atom is -0.368 e. The molecule has 7 heterocycles. The van der Waals surface area contributed by atoms with Crippen LogP contribution in [0.4, 0.5) is 32.2 Å². The van der Waals surface area contributed by atoms with Crippen molar-refractivity contribution in [2.75, 3.05) is 54.4 Å². The molecule has 200 valence electrons. The molecule has 4 fully saturated rings. The Labute approximate surface area is 220 Å². The highest BCUT2D eigenvalue weighted by molar-refractivity contribution is 5.96. The van der Waals surface area contributed by atoms with Gasteiger partial charge in [-0.1, -0.05) is 13.8 Å². The molecular formula is C27H32F2N8O. The van der Waals surface area contributed by atoms with E-state index in [1.165, 1.54) is 6.42 Å². The predicted molar refractivity (Wildman–Crippen MR) is 142 cm³/mol. The highest BCUT2D eigenvalue weighted by atomic mass is 19.3. The lowest BCUT2D eigenvalue weighted by Gasteiger charge is -2.59. The van der Waals surface area contributed by atoms with Crippen LogP contribution < -0.4 is 20.4 Å². The first kappa shape index (κ1) is 23.9. The summed E-state index contributed by atoms with van der Waals surface area (Å²) in [5, 5.41) is 8.82. The number of halogens is 2. The van der Waals surface area contributed by atoms with Crippen LogP contribution >= 0.6 is 0 Å². The van der Waals surface area contributed by atoms with Gasteiger partial charge in [0.15, 0.2) is 0 Å². The van der Waals surface area contributed by atoms with E-state index in [4.69, 9.17) is 14.7 Å². The Morgan fingerprint density at radius 1 is 1.03 bits per heavy atom. The molecule has 0 amide bonds. The molecule has 4 saturated heterocycles. The average Bonchev–Trinajstić information content (AvgIpc) is 2.81. The lowest BCUT2D eigenvalue weighted by molar-refractivity contribution is -0.276. The highest BCUT2D eigenvalue weighted by Gasteiger charge is 2.61. The van der Waals surface area contributed by atoms with Crippen LogP contribution in [0.25, 0.3) is 10.8 Å². The van der Waals surface area contributed by atoms with Crippen LogP contribution in [-0.4, -0.2) is 76.3 Å². The van der Waals surface area contributed by atoms with Crippen molar-refractivity contribution in [1.82, 2.24) is 25.3 Å². The Bertz CT molecular complexity index is 1390. The molecule has 0 aromatic carbocycles. The van der Waals surface area contributed by atoms with Gasteiger partial charge in [-0.05, 0) is 35.4 Å². The van der Waals surface area contributed by atoms with Crippen LogP contribution in [0.1, 0.15) is 44.6 Å². The molecule has 2 N–H and O–H groups in total. The van der Waals surface area contributed by atoms with E-state index in [0.717, 1.165) is 41.8 Å². The van der Waals surface area contributed by atoms with Crippen molar-refractivity contribution in [3.63, 3.8) is 0 Å². The van der Waals surface area contributed by atoms with Crippen LogP contribution in [0, 0.1) is 0 Å². The summed E-state index contributed by atoms with van der Waals surface area (Å²) >= 11 is 0. The van der Waals surface area contributed by atoms with Crippen molar-refractivity contribution >= 4 is 34.2 Å². The lowest BCUT2D eigenvalue weighted by atomic mass is 9.79. The number of nitrogens with one attached hydrogen (secondary N) is 2. The van der Waals surface area contributed by atoms with E-state index in [0.29, 0.717) is 37.1 Å². The Morgan fingerprint density at radius 3 is 2.50 bits per heavy atom. The van der Waals surface area contributed by atoms with Crippen molar-refractivity contribution in [3.8, 4) is 0 Å². The normalized spacial score (nSPS) is 25.4. The molecular weight excluding hydrogens is 490 g/mol. The van der Waals surface area contributed by atoms with Crippen molar-refractivity contribution < 1.29 is 13.5 Å². The van der Waals surface area contributed by atoms with Gasteiger partial charge in [-0.3, -0.25) is 0 Å². The molecule has 9 nitrogen and oxygen atoms in total. The maximum atomic E-state index is 14.9. The van der Waals surface area contributed by atoms with Gasteiger partial charge in [-0.15, -0.1) is 0 Å². The van der Waals surface area contributed by atoms with E-state index in [1.807, 2.05) is 18.5 Å². The average molecular weight is 523 g/mol. The van der Waals surface area contributed by atoms with Gasteiger partial charge in [-0.25, -0.2) is 23.7 Å². The third-order valence-electron chi connectivity index (χ3n) is 8.85. The van der Waals surface area contributed by atoms with Gasteiger partial charge in [0, 0.05) is 63.0 Å². The number of fused-ring (bicyclic) bond motifs is 1. The summed E-state index contributed by atoms with van der Waals surface area (Å²) in [4.78, 5) is 22.4. The van der Waals surface area contributed by atoms with Gasteiger partial charge in [0.05, 0.1) is 18.7 Å². The van der Waals surface area contributed by atoms with Crippen LogP contribution in [-0.2, 0) is 4.74 Å². The van der Waals surface area contributed by atoms with E-state index in [9.17, 15) is 8.78 Å². The van der Waals surface area contributed by atoms with Crippen molar-refractivity contribution in [3.05, 3.63) is 36.3 Å². The largest absolute Gasteiger partial charge is 0.368 e. The topological polar surface area (TPSA) is 91.3 Å². The molecule has 0 bridgehead atoms. The summed E-state index contributed by atoms with van der Waals surface area (Å²) in [6.45, 7) is 7.67. The second-order valence-electron chi connectivity index (χ2n) is 11.4. The van der Waals surface area contributed by atoms with E-state index in [-0.39, 0.29) is 17.9 Å². The second kappa shape index (κ2) is 8.41. The fourth-order valence-electron chi connectivity index (χ4n) is 6.20. The smallest absolute Gasteiger partial charge is 0.293 e. The van der Waals surface area contributed by atoms with Gasteiger partial charge in [0.1, 0.15) is 23.1 Å². The Morgan fingerprint density at radius 2 is 1.87 bits per heavy atom. The number of hydrogen-bond donors (Lipinski definition) is 2. The number of alkyl halides is 2. The number of anilines is 4. The zero-order chi connectivity index (χ0) is 26.1. The molecule has 0 radical (unpaired) electrons. The first-order valence-electron chi connectivity index (χ1n) is 13.4. The van der Waals surface area contributed by atoms with Crippen LogP contribution in [0.3, 0.4) is 0 Å². The first-order valence-corrected chi connectivity index (χ1v) is 13.4. The Balaban J connectivity index is 1.16. The summed E-state index contributed by atoms with van der Waals surface area (Å²) in [7, 11) is 0. The fraction of sp³-hybridized carbons (Fsp3) is 0.556. The summed E-state index contributed by atoms with van der Waals surface area (Å²) < 4.78 is 35.1. The molecule has 11 heteroatoms. The number of rotatable bonds is 5. The minimum absolute atomic E-state index is 0.184. The molecule has 4 aliphatic rings. The number of aromatic nitrogens is 4. The van der Waals surface area contributed by atoms with Gasteiger partial charge in [0.25, 0.3) is 5.92 Å². The number of pyridine rings is 2. The van der Waals surface area contributed by atoms with Crippen LogP contribution in [0.2, 0.25) is 0 Å². The van der Waals surface area contributed by atoms with Gasteiger partial charge < -0.3 is 25.2 Å². The fourth-order valence-corrected chi connectivity index (χ4v) is 6.20. The quantitative estimate of drug-likeness (QED) is 0.519. The predicted octanol–water partition coefficient (Wildman–Crippen LogP) is 3.84. The highest BCUT2D eigenvalue weighted by Crippen LogP contribution is 2.47. The van der Waals surface area contributed by atoms with Crippen LogP contribution in [0.15, 0.2) is 30.7 Å². The molecule has 0 saturated carbocycles. The number of hydrogen-bond acceptors (Lipinski definition) is 9. The Hall–Kier alpha value is -3.18. The molecule has 4 aliphatic heterocycles.